The second-order valence-electron chi connectivity index (χ2n) is 4.45. The topological polar surface area (TPSA) is 20.3 Å². The predicted octanol–water partition coefficient (Wildman–Crippen LogP) is 4.57. The molecule has 0 spiro atoms. The quantitative estimate of drug-likeness (QED) is 0.565. The van der Waals surface area contributed by atoms with Crippen LogP contribution < -0.4 is 4.90 Å². The maximum Gasteiger partial charge on any atom is 0.250 e. The Morgan fingerprint density at radius 1 is 1.15 bits per heavy atom. The molecule has 0 N–H and O–H groups in total. The van der Waals surface area contributed by atoms with Gasteiger partial charge >= 0.3 is 0 Å². The van der Waals surface area contributed by atoms with Crippen molar-refractivity contribution >= 4 is 34.2 Å². The fourth-order valence-electron chi connectivity index (χ4n) is 2.14. The van der Waals surface area contributed by atoms with Crippen LogP contribution in [0.25, 0.3) is 0 Å². The van der Waals surface area contributed by atoms with E-state index in [4.69, 9.17) is 0 Å². The third kappa shape index (κ3) is 3.10. The van der Waals surface area contributed by atoms with E-state index in [-0.39, 0.29) is 11.9 Å². The largest absolute Gasteiger partial charge is 0.301 e. The molecule has 102 valence electrons. The Kier molecular flexibility index (Phi) is 4.95. The van der Waals surface area contributed by atoms with Gasteiger partial charge in [-0.15, -0.1) is 0 Å². The van der Waals surface area contributed by atoms with E-state index in [9.17, 15) is 4.79 Å². The van der Waals surface area contributed by atoms with Gasteiger partial charge in [-0.3, -0.25) is 4.79 Å². The van der Waals surface area contributed by atoms with E-state index in [1.54, 1.807) is 4.90 Å². The zero-order chi connectivity index (χ0) is 14.5. The summed E-state index contributed by atoms with van der Waals surface area (Å²) < 4.78 is 1.04. The Morgan fingerprint density at radius 2 is 1.75 bits per heavy atom. The first kappa shape index (κ1) is 14.8. The number of amides is 1. The number of para-hydroxylation sites is 1. The molecule has 2 nitrogen and oxygen atoms in total. The summed E-state index contributed by atoms with van der Waals surface area (Å²) in [6.45, 7) is 5.65. The van der Waals surface area contributed by atoms with Crippen LogP contribution in [0.2, 0.25) is 0 Å². The smallest absolute Gasteiger partial charge is 0.250 e. The van der Waals surface area contributed by atoms with Gasteiger partial charge in [-0.05, 0) is 53.3 Å². The number of rotatable bonds is 4. The summed E-state index contributed by atoms with van der Waals surface area (Å²) in [5.74, 6) is -0.0922. The van der Waals surface area contributed by atoms with E-state index >= 15 is 0 Å². The normalized spacial score (nSPS) is 11.7. The van der Waals surface area contributed by atoms with Crippen LogP contribution in [0.1, 0.15) is 18.5 Å². The molecule has 0 radical (unpaired) electrons. The van der Waals surface area contributed by atoms with Gasteiger partial charge in [0.25, 0.3) is 5.91 Å². The third-order valence-corrected chi connectivity index (χ3v) is 4.11. The second kappa shape index (κ2) is 6.70. The minimum atomic E-state index is -0.0922. The van der Waals surface area contributed by atoms with Gasteiger partial charge in [0, 0.05) is 3.57 Å². The van der Waals surface area contributed by atoms with E-state index < -0.39 is 0 Å². The molecule has 0 fully saturated rings. The molecule has 0 unspecified atom stereocenters. The monoisotopic (exact) mass is 377 g/mol. The van der Waals surface area contributed by atoms with E-state index in [2.05, 4.69) is 29.2 Å². The van der Waals surface area contributed by atoms with E-state index in [1.165, 1.54) is 6.08 Å². The van der Waals surface area contributed by atoms with Crippen molar-refractivity contribution < 1.29 is 4.79 Å². The molecule has 0 heterocycles. The first-order chi connectivity index (χ1) is 9.65. The summed E-state index contributed by atoms with van der Waals surface area (Å²) in [4.78, 5) is 14.1. The Bertz CT molecular complexity index is 609. The lowest BCUT2D eigenvalue weighted by atomic mass is 10.1. The highest BCUT2D eigenvalue weighted by Gasteiger charge is 2.22. The third-order valence-electron chi connectivity index (χ3n) is 3.19. The van der Waals surface area contributed by atoms with Gasteiger partial charge in [-0.2, -0.15) is 0 Å². The number of nitrogens with zero attached hydrogens (tertiary/aromatic N) is 1. The molecule has 0 aliphatic carbocycles. The zero-order valence-corrected chi connectivity index (χ0v) is 13.4. The maximum absolute atomic E-state index is 12.3. The molecule has 1 amide bonds. The molecule has 1 atom stereocenters. The van der Waals surface area contributed by atoms with Gasteiger partial charge in [-0.25, -0.2) is 0 Å². The summed E-state index contributed by atoms with van der Waals surface area (Å²) in [7, 11) is 0. The fraction of sp³-hybridized carbons (Fsp3) is 0.118. The molecule has 0 saturated carbocycles. The standard InChI is InChI=1S/C17H16INO/c1-3-17(20)19(16-12-8-7-11-15(16)18)13(2)14-9-5-4-6-10-14/h3-13H,1H2,2H3/t13-/m0/s1. The van der Waals surface area contributed by atoms with Gasteiger partial charge in [-0.1, -0.05) is 49.0 Å². The van der Waals surface area contributed by atoms with Gasteiger partial charge < -0.3 is 4.90 Å². The maximum atomic E-state index is 12.3. The van der Waals surface area contributed by atoms with Gasteiger partial charge in [0.05, 0.1) is 11.7 Å². The fourth-order valence-corrected chi connectivity index (χ4v) is 2.79. The molecular weight excluding hydrogens is 361 g/mol. The minimum absolute atomic E-state index is 0.0439. The highest BCUT2D eigenvalue weighted by Crippen LogP contribution is 2.30. The molecular formula is C17H16INO. The number of carbonyl (C=O) groups is 1. The molecule has 2 aromatic rings. The van der Waals surface area contributed by atoms with E-state index in [1.807, 2.05) is 61.5 Å². The average Bonchev–Trinajstić information content (AvgIpc) is 2.50. The molecule has 0 aliphatic heterocycles. The van der Waals surface area contributed by atoms with Crippen molar-refractivity contribution in [1.29, 1.82) is 0 Å². The average molecular weight is 377 g/mol. The first-order valence-electron chi connectivity index (χ1n) is 6.40. The van der Waals surface area contributed by atoms with Gasteiger partial charge in [0.2, 0.25) is 0 Å². The number of anilines is 1. The molecule has 0 saturated heterocycles. The van der Waals surface area contributed by atoms with Crippen molar-refractivity contribution in [3.63, 3.8) is 0 Å². The van der Waals surface area contributed by atoms with Crippen molar-refractivity contribution in [2.75, 3.05) is 4.90 Å². The lowest BCUT2D eigenvalue weighted by molar-refractivity contribution is -0.114. The summed E-state index contributed by atoms with van der Waals surface area (Å²) in [6, 6.07) is 17.8. The Morgan fingerprint density at radius 3 is 2.35 bits per heavy atom. The summed E-state index contributed by atoms with van der Waals surface area (Å²) in [5, 5.41) is 0. The Labute approximate surface area is 133 Å². The highest BCUT2D eigenvalue weighted by atomic mass is 127. The zero-order valence-electron chi connectivity index (χ0n) is 11.3. The van der Waals surface area contributed by atoms with Crippen molar-refractivity contribution in [2.24, 2.45) is 0 Å². The number of benzene rings is 2. The number of halogens is 1. The van der Waals surface area contributed by atoms with Crippen LogP contribution in [0, 0.1) is 3.57 Å². The number of hydrogen-bond acceptors (Lipinski definition) is 1. The van der Waals surface area contributed by atoms with Gasteiger partial charge in [0.1, 0.15) is 0 Å². The molecule has 20 heavy (non-hydrogen) atoms. The van der Waals surface area contributed by atoms with Crippen LogP contribution in [0.3, 0.4) is 0 Å². The molecule has 0 aromatic heterocycles. The van der Waals surface area contributed by atoms with Crippen LogP contribution in [-0.4, -0.2) is 5.91 Å². The van der Waals surface area contributed by atoms with Crippen LogP contribution in [0.5, 0.6) is 0 Å². The summed E-state index contributed by atoms with van der Waals surface area (Å²) >= 11 is 2.25. The Hall–Kier alpha value is -1.62. The molecule has 2 rings (SSSR count). The van der Waals surface area contributed by atoms with Crippen LogP contribution in [0.4, 0.5) is 5.69 Å². The highest BCUT2D eigenvalue weighted by molar-refractivity contribution is 14.1. The van der Waals surface area contributed by atoms with Crippen molar-refractivity contribution in [1.82, 2.24) is 0 Å². The lowest BCUT2D eigenvalue weighted by Crippen LogP contribution is -2.32. The summed E-state index contributed by atoms with van der Waals surface area (Å²) in [6.07, 6.45) is 1.36. The second-order valence-corrected chi connectivity index (χ2v) is 5.61. The van der Waals surface area contributed by atoms with Crippen molar-refractivity contribution in [3.8, 4) is 0 Å². The Balaban J connectivity index is 2.46. The number of carbonyl (C=O) groups excluding carboxylic acids is 1. The van der Waals surface area contributed by atoms with E-state index in [0.29, 0.717) is 0 Å². The molecule has 0 aliphatic rings. The lowest BCUT2D eigenvalue weighted by Gasteiger charge is -2.29. The van der Waals surface area contributed by atoms with Crippen molar-refractivity contribution in [3.05, 3.63) is 76.4 Å². The van der Waals surface area contributed by atoms with Crippen LogP contribution >= 0.6 is 22.6 Å². The van der Waals surface area contributed by atoms with Crippen molar-refractivity contribution in [2.45, 2.75) is 13.0 Å². The number of hydrogen-bond donors (Lipinski definition) is 0. The SMILES string of the molecule is C=CC(=O)N(c1ccccc1I)[C@@H](C)c1ccccc1. The molecule has 2 aromatic carbocycles. The van der Waals surface area contributed by atoms with Crippen LogP contribution in [-0.2, 0) is 4.79 Å². The molecule has 0 bridgehead atoms. The minimum Gasteiger partial charge on any atom is -0.301 e. The van der Waals surface area contributed by atoms with Crippen LogP contribution in [0.15, 0.2) is 67.3 Å². The van der Waals surface area contributed by atoms with E-state index in [0.717, 1.165) is 14.8 Å². The van der Waals surface area contributed by atoms with Gasteiger partial charge in [0.15, 0.2) is 0 Å². The molecule has 3 heteroatoms. The summed E-state index contributed by atoms with van der Waals surface area (Å²) in [5.41, 5.74) is 2.01. The predicted molar refractivity (Wildman–Crippen MR) is 91.7 cm³/mol. The first-order valence-corrected chi connectivity index (χ1v) is 7.48.